The first-order valence-corrected chi connectivity index (χ1v) is 6.37. The number of nitrogens with two attached hydrogens (primary N) is 1. The van der Waals surface area contributed by atoms with Gasteiger partial charge in [-0.1, -0.05) is 45.9 Å². The van der Waals surface area contributed by atoms with Crippen LogP contribution in [0, 0.1) is 5.92 Å². The number of hydrogen-bond acceptors (Lipinski definition) is 1. The molecule has 2 N–H and O–H groups in total. The van der Waals surface area contributed by atoms with Gasteiger partial charge in [-0.15, -0.1) is 0 Å². The largest absolute Gasteiger partial charge is 0.330 e. The lowest BCUT2D eigenvalue weighted by Gasteiger charge is -2.18. The van der Waals surface area contributed by atoms with Crippen LogP contribution in [0.3, 0.4) is 0 Å². The van der Waals surface area contributed by atoms with Crippen LogP contribution >= 0.6 is 0 Å². The minimum absolute atomic E-state index is 0.591. The Bertz CT molecular complexity index is 326. The van der Waals surface area contributed by atoms with Gasteiger partial charge < -0.3 is 5.73 Å². The summed E-state index contributed by atoms with van der Waals surface area (Å²) in [6.07, 6.45) is 2.17. The van der Waals surface area contributed by atoms with Gasteiger partial charge in [-0.25, -0.2) is 0 Å². The van der Waals surface area contributed by atoms with Crippen LogP contribution in [0.1, 0.15) is 50.3 Å². The third-order valence-corrected chi connectivity index (χ3v) is 2.95. The van der Waals surface area contributed by atoms with Crippen molar-refractivity contribution in [1.82, 2.24) is 0 Å². The zero-order valence-corrected chi connectivity index (χ0v) is 11.1. The summed E-state index contributed by atoms with van der Waals surface area (Å²) in [4.78, 5) is 0. The van der Waals surface area contributed by atoms with Crippen LogP contribution in [-0.2, 0) is 12.8 Å². The highest BCUT2D eigenvalue weighted by Crippen LogP contribution is 2.24. The molecule has 0 aromatic heterocycles. The fraction of sp³-hybridized carbons (Fsp3) is 0.600. The van der Waals surface area contributed by atoms with Gasteiger partial charge in [0.2, 0.25) is 0 Å². The van der Waals surface area contributed by atoms with Crippen molar-refractivity contribution in [2.24, 2.45) is 11.7 Å². The highest BCUT2D eigenvalue weighted by Gasteiger charge is 2.11. The highest BCUT2D eigenvalue weighted by molar-refractivity contribution is 5.37. The zero-order chi connectivity index (χ0) is 12.1. The molecule has 0 spiro atoms. The molecule has 0 fully saturated rings. The summed E-state index contributed by atoms with van der Waals surface area (Å²) in [6.45, 7) is 9.81. The zero-order valence-electron chi connectivity index (χ0n) is 11.1. The van der Waals surface area contributed by atoms with Crippen LogP contribution in [0.4, 0.5) is 0 Å². The van der Waals surface area contributed by atoms with E-state index in [4.69, 9.17) is 5.73 Å². The topological polar surface area (TPSA) is 26.0 Å². The molecule has 0 atom stereocenters. The lowest BCUT2D eigenvalue weighted by molar-refractivity contribution is 0.640. The van der Waals surface area contributed by atoms with Crippen LogP contribution in [0.25, 0.3) is 0 Å². The van der Waals surface area contributed by atoms with Gasteiger partial charge in [0.25, 0.3) is 0 Å². The SMILES string of the molecule is CC(C)Cc1cccc(C(C)C)c1CCN. The first kappa shape index (κ1) is 13.2. The van der Waals surface area contributed by atoms with Crippen LogP contribution in [0.2, 0.25) is 0 Å². The molecule has 1 rings (SSSR count). The smallest absolute Gasteiger partial charge is 0.00365 e. The van der Waals surface area contributed by atoms with Crippen LogP contribution in [0.5, 0.6) is 0 Å². The molecule has 0 saturated carbocycles. The Kier molecular flexibility index (Phi) is 5.01. The summed E-state index contributed by atoms with van der Waals surface area (Å²) in [7, 11) is 0. The van der Waals surface area contributed by atoms with E-state index >= 15 is 0 Å². The minimum Gasteiger partial charge on any atom is -0.330 e. The van der Waals surface area contributed by atoms with Crippen molar-refractivity contribution in [1.29, 1.82) is 0 Å². The molecule has 0 aliphatic carbocycles. The summed E-state index contributed by atoms with van der Waals surface area (Å²) in [5.41, 5.74) is 10.2. The van der Waals surface area contributed by atoms with E-state index in [0.717, 1.165) is 19.4 Å². The Hall–Kier alpha value is -0.820. The molecule has 0 saturated heterocycles. The fourth-order valence-electron chi connectivity index (χ4n) is 2.28. The summed E-state index contributed by atoms with van der Waals surface area (Å²) >= 11 is 0. The minimum atomic E-state index is 0.591. The quantitative estimate of drug-likeness (QED) is 0.805. The van der Waals surface area contributed by atoms with Crippen molar-refractivity contribution >= 4 is 0 Å². The molecule has 0 aliphatic heterocycles. The average molecular weight is 219 g/mol. The van der Waals surface area contributed by atoms with E-state index in [9.17, 15) is 0 Å². The van der Waals surface area contributed by atoms with Crippen molar-refractivity contribution in [2.75, 3.05) is 6.54 Å². The summed E-state index contributed by atoms with van der Waals surface area (Å²) in [5, 5.41) is 0. The molecule has 1 aromatic rings. The average Bonchev–Trinajstić information content (AvgIpc) is 2.19. The summed E-state index contributed by atoms with van der Waals surface area (Å²) in [5.74, 6) is 1.30. The van der Waals surface area contributed by atoms with Crippen molar-refractivity contribution in [3.05, 3.63) is 34.9 Å². The Morgan fingerprint density at radius 2 is 1.81 bits per heavy atom. The standard InChI is InChI=1S/C15H25N/c1-11(2)10-13-6-5-7-14(12(3)4)15(13)8-9-16/h5-7,11-12H,8-10,16H2,1-4H3. The van der Waals surface area contributed by atoms with Crippen molar-refractivity contribution < 1.29 is 0 Å². The predicted molar refractivity (Wildman–Crippen MR) is 71.8 cm³/mol. The van der Waals surface area contributed by atoms with Gasteiger partial charge in [0.15, 0.2) is 0 Å². The van der Waals surface area contributed by atoms with Crippen molar-refractivity contribution in [2.45, 2.75) is 46.5 Å². The summed E-state index contributed by atoms with van der Waals surface area (Å²) in [6, 6.07) is 6.70. The third kappa shape index (κ3) is 3.34. The van der Waals surface area contributed by atoms with Crippen molar-refractivity contribution in [3.63, 3.8) is 0 Å². The Balaban J connectivity index is 3.10. The van der Waals surface area contributed by atoms with Gasteiger partial charge in [0.05, 0.1) is 0 Å². The Labute approximate surface area is 100 Å². The van der Waals surface area contributed by atoms with E-state index in [0.29, 0.717) is 11.8 Å². The van der Waals surface area contributed by atoms with E-state index < -0.39 is 0 Å². The highest BCUT2D eigenvalue weighted by atomic mass is 14.5. The Morgan fingerprint density at radius 3 is 2.31 bits per heavy atom. The van der Waals surface area contributed by atoms with E-state index in [1.807, 2.05) is 0 Å². The van der Waals surface area contributed by atoms with Crippen LogP contribution in [0.15, 0.2) is 18.2 Å². The van der Waals surface area contributed by atoms with E-state index in [2.05, 4.69) is 45.9 Å². The van der Waals surface area contributed by atoms with Gasteiger partial charge in [-0.05, 0) is 47.9 Å². The number of rotatable bonds is 5. The van der Waals surface area contributed by atoms with E-state index in [-0.39, 0.29) is 0 Å². The number of hydrogen-bond donors (Lipinski definition) is 1. The molecule has 16 heavy (non-hydrogen) atoms. The van der Waals surface area contributed by atoms with Gasteiger partial charge in [-0.2, -0.15) is 0 Å². The Morgan fingerprint density at radius 1 is 1.12 bits per heavy atom. The summed E-state index contributed by atoms with van der Waals surface area (Å²) < 4.78 is 0. The second kappa shape index (κ2) is 6.05. The molecule has 0 heterocycles. The van der Waals surface area contributed by atoms with Gasteiger partial charge >= 0.3 is 0 Å². The predicted octanol–water partition coefficient (Wildman–Crippen LogP) is 3.51. The first-order valence-electron chi connectivity index (χ1n) is 6.37. The van der Waals surface area contributed by atoms with Gasteiger partial charge in [0, 0.05) is 0 Å². The molecule has 0 aliphatic rings. The van der Waals surface area contributed by atoms with Gasteiger partial charge in [0.1, 0.15) is 0 Å². The number of benzene rings is 1. The second-order valence-electron chi connectivity index (χ2n) is 5.28. The molecule has 1 heteroatoms. The molecular formula is C15H25N. The normalized spacial score (nSPS) is 11.4. The monoisotopic (exact) mass is 219 g/mol. The maximum Gasteiger partial charge on any atom is -0.00365 e. The lowest BCUT2D eigenvalue weighted by atomic mass is 9.88. The van der Waals surface area contributed by atoms with Gasteiger partial charge in [-0.3, -0.25) is 0 Å². The van der Waals surface area contributed by atoms with Crippen LogP contribution < -0.4 is 5.73 Å². The molecule has 0 bridgehead atoms. The van der Waals surface area contributed by atoms with E-state index in [1.54, 1.807) is 0 Å². The third-order valence-electron chi connectivity index (χ3n) is 2.95. The molecule has 0 radical (unpaired) electrons. The molecule has 1 nitrogen and oxygen atoms in total. The van der Waals surface area contributed by atoms with Crippen molar-refractivity contribution in [3.8, 4) is 0 Å². The molecular weight excluding hydrogens is 194 g/mol. The van der Waals surface area contributed by atoms with Crippen LogP contribution in [-0.4, -0.2) is 6.54 Å². The molecule has 1 aromatic carbocycles. The molecule has 90 valence electrons. The van der Waals surface area contributed by atoms with E-state index in [1.165, 1.54) is 16.7 Å². The maximum atomic E-state index is 5.73. The molecule has 0 unspecified atom stereocenters. The first-order chi connectivity index (χ1) is 7.56. The molecule has 0 amide bonds. The second-order valence-corrected chi connectivity index (χ2v) is 5.28. The fourth-order valence-corrected chi connectivity index (χ4v) is 2.28. The lowest BCUT2D eigenvalue weighted by Crippen LogP contribution is -2.10. The maximum absolute atomic E-state index is 5.73.